The van der Waals surface area contributed by atoms with E-state index >= 15 is 0 Å². The van der Waals surface area contributed by atoms with E-state index in [0.717, 1.165) is 12.7 Å². The molecular formula is C13H17N2O6S-. The maximum atomic E-state index is 11.7. The number of hydrogen-bond acceptors (Lipinski definition) is 7. The third-order valence-corrected chi connectivity index (χ3v) is 3.00. The van der Waals surface area contributed by atoms with Gasteiger partial charge in [0, 0.05) is 6.54 Å². The first-order valence-electron chi connectivity index (χ1n) is 6.34. The molecular weight excluding hydrogens is 312 g/mol. The van der Waals surface area contributed by atoms with Crippen LogP contribution in [0, 0.1) is 0 Å². The number of hydrogen-bond donors (Lipinski definition) is 2. The first-order valence-corrected chi connectivity index (χ1v) is 7.59. The summed E-state index contributed by atoms with van der Waals surface area (Å²) in [6.07, 6.45) is -0.802. The van der Waals surface area contributed by atoms with Crippen molar-refractivity contribution in [3.63, 3.8) is 0 Å². The van der Waals surface area contributed by atoms with E-state index in [1.807, 2.05) is 6.07 Å². The molecule has 8 nitrogen and oxygen atoms in total. The number of amides is 1. The van der Waals surface area contributed by atoms with Gasteiger partial charge in [0.15, 0.2) is 0 Å². The molecule has 0 saturated heterocycles. The molecule has 0 fully saturated rings. The van der Waals surface area contributed by atoms with Crippen LogP contribution in [0.4, 0.5) is 4.79 Å². The molecule has 1 aromatic rings. The lowest BCUT2D eigenvalue weighted by atomic mass is 10.2. The molecule has 1 amide bonds. The zero-order valence-electron chi connectivity index (χ0n) is 11.9. The molecule has 1 aromatic carbocycles. The molecule has 0 heterocycles. The first-order chi connectivity index (χ1) is 10.5. The highest BCUT2D eigenvalue weighted by atomic mass is 32.2. The molecule has 9 heteroatoms. The van der Waals surface area contributed by atoms with Gasteiger partial charge < -0.3 is 24.7 Å². The maximum Gasteiger partial charge on any atom is 0.408 e. The minimum Gasteiger partial charge on any atom is -0.771 e. The van der Waals surface area contributed by atoms with Gasteiger partial charge in [0.2, 0.25) is 0 Å². The zero-order chi connectivity index (χ0) is 16.4. The van der Waals surface area contributed by atoms with Crippen LogP contribution < -0.4 is 10.6 Å². The summed E-state index contributed by atoms with van der Waals surface area (Å²) in [5, 5.41) is 4.81. The second-order valence-electron chi connectivity index (χ2n) is 4.18. The number of methoxy groups -OCH3 is 1. The SMILES string of the molecule is COC(=O)[C@@H](CNCS(=O)[O-])NC(=O)OCc1ccccc1. The molecule has 1 rings (SSSR count). The highest BCUT2D eigenvalue weighted by Gasteiger charge is 2.21. The lowest BCUT2D eigenvalue weighted by Gasteiger charge is -2.17. The van der Waals surface area contributed by atoms with Crippen LogP contribution in [-0.2, 0) is 32.0 Å². The summed E-state index contributed by atoms with van der Waals surface area (Å²) in [7, 11) is 1.16. The van der Waals surface area contributed by atoms with Crippen LogP contribution in [-0.4, -0.2) is 46.4 Å². The molecule has 0 aliphatic rings. The number of alkyl carbamates (subject to hydrolysis) is 1. The number of ether oxygens (including phenoxy) is 2. The summed E-state index contributed by atoms with van der Waals surface area (Å²) in [5.74, 6) is -1.05. The number of benzene rings is 1. The fourth-order valence-corrected chi connectivity index (χ4v) is 1.81. The minimum absolute atomic E-state index is 0.0541. The average Bonchev–Trinajstić information content (AvgIpc) is 2.52. The van der Waals surface area contributed by atoms with E-state index in [1.165, 1.54) is 0 Å². The van der Waals surface area contributed by atoms with Crippen molar-refractivity contribution in [1.82, 2.24) is 10.6 Å². The molecule has 0 aromatic heterocycles. The predicted octanol–water partition coefficient (Wildman–Crippen LogP) is -0.119. The van der Waals surface area contributed by atoms with Crippen LogP contribution in [0.3, 0.4) is 0 Å². The minimum atomic E-state index is -2.30. The topological polar surface area (TPSA) is 117 Å². The largest absolute Gasteiger partial charge is 0.771 e. The van der Waals surface area contributed by atoms with Gasteiger partial charge in [0.25, 0.3) is 0 Å². The molecule has 122 valence electrons. The molecule has 1 unspecified atom stereocenters. The Morgan fingerprint density at radius 2 is 2.00 bits per heavy atom. The Bertz CT molecular complexity index is 511. The van der Waals surface area contributed by atoms with Gasteiger partial charge in [-0.15, -0.1) is 0 Å². The molecule has 2 N–H and O–H groups in total. The Morgan fingerprint density at radius 3 is 2.59 bits per heavy atom. The van der Waals surface area contributed by atoms with Gasteiger partial charge in [-0.2, -0.15) is 0 Å². The van der Waals surface area contributed by atoms with E-state index in [1.54, 1.807) is 24.3 Å². The first kappa shape index (κ1) is 18.1. The second kappa shape index (κ2) is 9.87. The summed E-state index contributed by atoms with van der Waals surface area (Å²) in [6.45, 7) is -0.0420. The van der Waals surface area contributed by atoms with Crippen molar-refractivity contribution in [2.45, 2.75) is 12.6 Å². The molecule has 0 radical (unpaired) electrons. The fraction of sp³-hybridized carbons (Fsp3) is 0.385. The highest BCUT2D eigenvalue weighted by molar-refractivity contribution is 7.79. The van der Waals surface area contributed by atoms with E-state index in [-0.39, 0.29) is 19.0 Å². The van der Waals surface area contributed by atoms with Crippen LogP contribution in [0.25, 0.3) is 0 Å². The van der Waals surface area contributed by atoms with E-state index in [4.69, 9.17) is 4.74 Å². The summed E-state index contributed by atoms with van der Waals surface area (Å²) in [4.78, 5) is 23.2. The summed E-state index contributed by atoms with van der Waals surface area (Å²) in [5.41, 5.74) is 0.798. The van der Waals surface area contributed by atoms with Gasteiger partial charge in [-0.25, -0.2) is 9.59 Å². The Morgan fingerprint density at radius 1 is 1.32 bits per heavy atom. The Hall–Kier alpha value is -1.97. The summed E-state index contributed by atoms with van der Waals surface area (Å²) >= 11 is -2.30. The third-order valence-electron chi connectivity index (χ3n) is 2.56. The van der Waals surface area contributed by atoms with Crippen LogP contribution in [0.15, 0.2) is 30.3 Å². The molecule has 0 aliphatic heterocycles. The van der Waals surface area contributed by atoms with Crippen molar-refractivity contribution in [1.29, 1.82) is 0 Å². The molecule has 0 spiro atoms. The van der Waals surface area contributed by atoms with Gasteiger partial charge in [0.05, 0.1) is 13.0 Å². The maximum absolute atomic E-state index is 11.7. The standard InChI is InChI=1S/C13H18N2O6S/c1-20-12(16)11(7-14-9-22(18)19)15-13(17)21-8-10-5-3-2-4-6-10/h2-6,11,14H,7-9H2,1H3,(H,15,17)(H,18,19)/p-1/t11-/m1/s1. The molecule has 2 atom stereocenters. The van der Waals surface area contributed by atoms with Crippen LogP contribution in [0.2, 0.25) is 0 Å². The van der Waals surface area contributed by atoms with Crippen molar-refractivity contribution in [2.75, 3.05) is 19.5 Å². The molecule has 0 aliphatic carbocycles. The van der Waals surface area contributed by atoms with E-state index < -0.39 is 29.2 Å². The average molecular weight is 329 g/mol. The molecule has 0 saturated carbocycles. The van der Waals surface area contributed by atoms with Crippen LogP contribution in [0.1, 0.15) is 5.56 Å². The summed E-state index contributed by atoms with van der Waals surface area (Å²) in [6, 6.07) is 7.98. The Labute approximate surface area is 130 Å². The van der Waals surface area contributed by atoms with Gasteiger partial charge in [-0.05, 0) is 16.6 Å². The van der Waals surface area contributed by atoms with Crippen molar-refractivity contribution in [3.8, 4) is 0 Å². The second-order valence-corrected chi connectivity index (χ2v) is 5.08. The highest BCUT2D eigenvalue weighted by Crippen LogP contribution is 2.01. The third kappa shape index (κ3) is 7.16. The summed E-state index contributed by atoms with van der Waals surface area (Å²) < 4.78 is 30.3. The molecule has 0 bridgehead atoms. The number of nitrogens with one attached hydrogen (secondary N) is 2. The van der Waals surface area contributed by atoms with Crippen molar-refractivity contribution in [2.24, 2.45) is 0 Å². The quantitative estimate of drug-likeness (QED) is 0.504. The lowest BCUT2D eigenvalue weighted by Crippen LogP contribution is -2.48. The monoisotopic (exact) mass is 329 g/mol. The Kier molecular flexibility index (Phi) is 8.11. The Balaban J connectivity index is 2.44. The van der Waals surface area contributed by atoms with Crippen molar-refractivity contribution in [3.05, 3.63) is 35.9 Å². The van der Waals surface area contributed by atoms with Gasteiger partial charge >= 0.3 is 12.1 Å². The van der Waals surface area contributed by atoms with Crippen LogP contribution in [0.5, 0.6) is 0 Å². The van der Waals surface area contributed by atoms with Gasteiger partial charge in [-0.1, -0.05) is 30.3 Å². The van der Waals surface area contributed by atoms with Gasteiger partial charge in [0.1, 0.15) is 12.6 Å². The van der Waals surface area contributed by atoms with Crippen molar-refractivity contribution >= 4 is 23.1 Å². The fourth-order valence-electron chi connectivity index (χ4n) is 1.53. The lowest BCUT2D eigenvalue weighted by molar-refractivity contribution is -0.142. The van der Waals surface area contributed by atoms with E-state index in [2.05, 4.69) is 15.4 Å². The zero-order valence-corrected chi connectivity index (χ0v) is 12.8. The van der Waals surface area contributed by atoms with Gasteiger partial charge in [-0.3, -0.25) is 4.21 Å². The number of carbonyl (C=O) groups is 2. The van der Waals surface area contributed by atoms with Crippen LogP contribution >= 0.6 is 0 Å². The number of rotatable bonds is 8. The van der Waals surface area contributed by atoms with Crippen molar-refractivity contribution < 1.29 is 27.8 Å². The number of esters is 1. The predicted molar refractivity (Wildman–Crippen MR) is 77.4 cm³/mol. The van der Waals surface area contributed by atoms with E-state index in [0.29, 0.717) is 0 Å². The molecule has 22 heavy (non-hydrogen) atoms. The van der Waals surface area contributed by atoms with E-state index in [9.17, 15) is 18.4 Å². The normalized spacial score (nSPS) is 13.0. The number of carbonyl (C=O) groups excluding carboxylic acids is 2. The smallest absolute Gasteiger partial charge is 0.408 e.